The average molecular weight is 629 g/mol. The van der Waals surface area contributed by atoms with E-state index in [1.165, 1.54) is 31.4 Å². The zero-order valence-corrected chi connectivity index (χ0v) is 24.8. The molecular formula is C31H33FN2O9S. The van der Waals surface area contributed by atoms with E-state index >= 15 is 0 Å². The third kappa shape index (κ3) is 7.48. The fourth-order valence-corrected chi connectivity index (χ4v) is 6.23. The zero-order chi connectivity index (χ0) is 31.1. The Kier molecular flexibility index (Phi) is 10.0. The summed E-state index contributed by atoms with van der Waals surface area (Å²) < 4.78 is 68.9. The lowest BCUT2D eigenvalue weighted by atomic mass is 9.92. The van der Waals surface area contributed by atoms with Crippen LogP contribution >= 0.6 is 0 Å². The number of fused-ring (bicyclic) bond motifs is 1. The highest BCUT2D eigenvalue weighted by atomic mass is 32.2. The molecule has 2 N–H and O–H groups in total. The monoisotopic (exact) mass is 628 g/mol. The third-order valence-electron chi connectivity index (χ3n) is 7.16. The minimum absolute atomic E-state index is 0.0316. The van der Waals surface area contributed by atoms with Crippen LogP contribution in [-0.4, -0.2) is 70.2 Å². The van der Waals surface area contributed by atoms with Crippen molar-refractivity contribution in [2.45, 2.75) is 30.1 Å². The second kappa shape index (κ2) is 14.1. The topological polar surface area (TPSA) is 133 Å². The molecule has 2 atom stereocenters. The van der Waals surface area contributed by atoms with E-state index < -0.39 is 22.2 Å². The smallest absolute Gasteiger partial charge is 0.286 e. The molecule has 2 aliphatic rings. The number of carbonyl (C=O) groups is 1. The van der Waals surface area contributed by atoms with Crippen LogP contribution in [0.25, 0.3) is 0 Å². The van der Waals surface area contributed by atoms with Crippen LogP contribution in [0.15, 0.2) is 83.5 Å². The maximum atomic E-state index is 13.3. The SMILES string of the molecule is COc1ccc(S(=O)(=O)N(CCO)CCOC2CC(c3ccc4c(c3)OCO4)C=C(C(=O)NCc3ccc(F)cc3)O2)cc1. The van der Waals surface area contributed by atoms with Crippen molar-refractivity contribution in [1.82, 2.24) is 9.62 Å². The first kappa shape index (κ1) is 31.3. The highest BCUT2D eigenvalue weighted by Gasteiger charge is 2.31. The Morgan fingerprint density at radius 1 is 1.05 bits per heavy atom. The molecule has 0 fully saturated rings. The van der Waals surface area contributed by atoms with Crippen molar-refractivity contribution >= 4 is 15.9 Å². The first-order valence-corrected chi connectivity index (χ1v) is 15.4. The number of methoxy groups -OCH3 is 1. The summed E-state index contributed by atoms with van der Waals surface area (Å²) >= 11 is 0. The summed E-state index contributed by atoms with van der Waals surface area (Å²) in [5.41, 5.74) is 1.55. The summed E-state index contributed by atoms with van der Waals surface area (Å²) in [5.74, 6) is 0.590. The predicted octanol–water partition coefficient (Wildman–Crippen LogP) is 3.29. The first-order valence-electron chi connectivity index (χ1n) is 13.9. The maximum Gasteiger partial charge on any atom is 0.286 e. The molecule has 3 aromatic carbocycles. The predicted molar refractivity (Wildman–Crippen MR) is 156 cm³/mol. The highest BCUT2D eigenvalue weighted by molar-refractivity contribution is 7.89. The summed E-state index contributed by atoms with van der Waals surface area (Å²) in [4.78, 5) is 13.2. The molecule has 0 spiro atoms. The number of hydrogen-bond acceptors (Lipinski definition) is 9. The van der Waals surface area contributed by atoms with Crippen LogP contribution in [0, 0.1) is 5.82 Å². The number of nitrogens with zero attached hydrogens (tertiary/aromatic N) is 1. The first-order chi connectivity index (χ1) is 21.3. The van der Waals surface area contributed by atoms with Gasteiger partial charge in [0, 0.05) is 32.0 Å². The molecule has 11 nitrogen and oxygen atoms in total. The van der Waals surface area contributed by atoms with E-state index in [9.17, 15) is 22.7 Å². The largest absolute Gasteiger partial charge is 0.497 e. The summed E-state index contributed by atoms with van der Waals surface area (Å²) in [6.45, 7) is -0.394. The molecule has 0 radical (unpaired) electrons. The summed E-state index contributed by atoms with van der Waals surface area (Å²) in [5, 5.41) is 12.3. The lowest BCUT2D eigenvalue weighted by Crippen LogP contribution is -2.38. The lowest BCUT2D eigenvalue weighted by Gasteiger charge is -2.30. The van der Waals surface area contributed by atoms with Gasteiger partial charge in [-0.15, -0.1) is 0 Å². The van der Waals surface area contributed by atoms with Gasteiger partial charge in [0.05, 0.1) is 25.2 Å². The highest BCUT2D eigenvalue weighted by Crippen LogP contribution is 2.38. The van der Waals surface area contributed by atoms with Gasteiger partial charge >= 0.3 is 0 Å². The minimum Gasteiger partial charge on any atom is -0.497 e. The number of allylic oxidation sites excluding steroid dienone is 1. The van der Waals surface area contributed by atoms with Crippen molar-refractivity contribution in [3.63, 3.8) is 0 Å². The van der Waals surface area contributed by atoms with Gasteiger partial charge in [0.2, 0.25) is 23.1 Å². The molecule has 0 bridgehead atoms. The number of ether oxygens (including phenoxy) is 5. The normalized spacial score (nSPS) is 17.6. The average Bonchev–Trinajstić information content (AvgIpc) is 3.52. The van der Waals surface area contributed by atoms with E-state index in [0.717, 1.165) is 9.87 Å². The van der Waals surface area contributed by atoms with Crippen molar-refractivity contribution in [3.8, 4) is 17.2 Å². The van der Waals surface area contributed by atoms with E-state index in [0.29, 0.717) is 29.2 Å². The molecule has 1 amide bonds. The fraction of sp³-hybridized carbons (Fsp3) is 0.323. The van der Waals surface area contributed by atoms with E-state index in [-0.39, 0.29) is 62.0 Å². The Bertz CT molecular complexity index is 1580. The number of amides is 1. The van der Waals surface area contributed by atoms with Gasteiger partial charge < -0.3 is 34.1 Å². The summed E-state index contributed by atoms with van der Waals surface area (Å²) in [6, 6.07) is 17.2. The van der Waals surface area contributed by atoms with Gasteiger partial charge in [-0.25, -0.2) is 12.8 Å². The van der Waals surface area contributed by atoms with Crippen molar-refractivity contribution in [3.05, 3.63) is 95.5 Å². The molecule has 0 aliphatic carbocycles. The molecule has 0 aromatic heterocycles. The molecule has 13 heteroatoms. The Balaban J connectivity index is 1.28. The van der Waals surface area contributed by atoms with Crippen LogP contribution in [0.5, 0.6) is 17.2 Å². The molecule has 5 rings (SSSR count). The van der Waals surface area contributed by atoms with Crippen LogP contribution in [-0.2, 0) is 30.8 Å². The van der Waals surface area contributed by atoms with Crippen molar-refractivity contribution in [2.24, 2.45) is 0 Å². The van der Waals surface area contributed by atoms with Crippen LogP contribution in [0.1, 0.15) is 23.5 Å². The Morgan fingerprint density at radius 3 is 2.52 bits per heavy atom. The van der Waals surface area contributed by atoms with Crippen molar-refractivity contribution in [1.29, 1.82) is 0 Å². The van der Waals surface area contributed by atoms with Crippen molar-refractivity contribution in [2.75, 3.05) is 40.2 Å². The van der Waals surface area contributed by atoms with E-state index in [2.05, 4.69) is 5.32 Å². The molecule has 44 heavy (non-hydrogen) atoms. The van der Waals surface area contributed by atoms with E-state index in [4.69, 9.17) is 23.7 Å². The van der Waals surface area contributed by atoms with Crippen LogP contribution in [0.2, 0.25) is 0 Å². The Hall–Kier alpha value is -4.17. The van der Waals surface area contributed by atoms with Gasteiger partial charge in [0.15, 0.2) is 17.3 Å². The van der Waals surface area contributed by atoms with E-state index in [1.807, 2.05) is 12.1 Å². The molecule has 3 aromatic rings. The number of benzene rings is 3. The van der Waals surface area contributed by atoms with Gasteiger partial charge in [-0.3, -0.25) is 4.79 Å². The van der Waals surface area contributed by atoms with Crippen molar-refractivity contribution < 1.29 is 46.4 Å². The standard InChI is InChI=1S/C31H33FN2O9S/c1-39-25-7-9-26(10-8-25)44(37,38)34(12-14-35)13-15-40-30-18-23(22-4-11-27-28(16-22)42-20-41-27)17-29(43-30)31(36)33-19-21-2-5-24(32)6-3-21/h2-11,16-17,23,30,35H,12-15,18-20H2,1H3,(H,33,36). The number of carbonyl (C=O) groups excluding carboxylic acids is 1. The zero-order valence-electron chi connectivity index (χ0n) is 24.0. The van der Waals surface area contributed by atoms with Gasteiger partial charge in [-0.05, 0) is 65.7 Å². The molecule has 2 aliphatic heterocycles. The number of aliphatic hydroxyl groups is 1. The van der Waals surface area contributed by atoms with Crippen LogP contribution < -0.4 is 19.5 Å². The number of nitrogens with one attached hydrogen (secondary N) is 1. The molecular weight excluding hydrogens is 595 g/mol. The second-order valence-corrected chi connectivity index (χ2v) is 12.0. The van der Waals surface area contributed by atoms with Crippen LogP contribution in [0.3, 0.4) is 0 Å². The molecule has 234 valence electrons. The maximum absolute atomic E-state index is 13.3. The Labute approximate surface area is 254 Å². The fourth-order valence-electron chi connectivity index (χ4n) is 4.81. The molecule has 2 heterocycles. The number of halogens is 1. The summed E-state index contributed by atoms with van der Waals surface area (Å²) in [7, 11) is -2.45. The Morgan fingerprint density at radius 2 is 1.80 bits per heavy atom. The quantitative estimate of drug-likeness (QED) is 0.293. The van der Waals surface area contributed by atoms with Gasteiger partial charge in [-0.1, -0.05) is 18.2 Å². The van der Waals surface area contributed by atoms with E-state index in [1.54, 1.807) is 36.4 Å². The number of hydrogen-bond donors (Lipinski definition) is 2. The number of sulfonamides is 1. The molecule has 2 unspecified atom stereocenters. The van der Waals surface area contributed by atoms with Gasteiger partial charge in [0.1, 0.15) is 11.6 Å². The van der Waals surface area contributed by atoms with Crippen LogP contribution in [0.4, 0.5) is 4.39 Å². The molecule has 0 saturated heterocycles. The molecule has 0 saturated carbocycles. The lowest BCUT2D eigenvalue weighted by molar-refractivity contribution is -0.146. The minimum atomic E-state index is -3.94. The number of rotatable bonds is 13. The van der Waals surface area contributed by atoms with Gasteiger partial charge in [0.25, 0.3) is 5.91 Å². The summed E-state index contributed by atoms with van der Waals surface area (Å²) in [6.07, 6.45) is 1.14. The third-order valence-corrected chi connectivity index (χ3v) is 9.08. The second-order valence-electron chi connectivity index (χ2n) is 10.0. The number of aliphatic hydroxyl groups excluding tert-OH is 1. The van der Waals surface area contributed by atoms with Gasteiger partial charge in [-0.2, -0.15) is 4.31 Å².